The number of hydrogen-bond acceptors (Lipinski definition) is 7. The summed E-state index contributed by atoms with van der Waals surface area (Å²) in [5, 5.41) is 24.1. The zero-order valence-electron chi connectivity index (χ0n) is 18.1. The second-order valence-corrected chi connectivity index (χ2v) is 7.69. The Morgan fingerprint density at radius 2 is 0.676 bits per heavy atom. The van der Waals surface area contributed by atoms with E-state index in [-0.39, 0.29) is 11.4 Å². The number of aromatic nitrogens is 5. The Balaban J connectivity index is 1.74. The van der Waals surface area contributed by atoms with Crippen LogP contribution in [0.5, 0.6) is 0 Å². The summed E-state index contributed by atoms with van der Waals surface area (Å²) in [6.45, 7) is 0. The third-order valence-electron chi connectivity index (χ3n) is 5.63. The second-order valence-electron chi connectivity index (χ2n) is 7.69. The van der Waals surface area contributed by atoms with E-state index < -0.39 is 11.2 Å². The number of pyridine rings is 5. The van der Waals surface area contributed by atoms with Gasteiger partial charge >= 0.3 is 0 Å². The van der Waals surface area contributed by atoms with Crippen LogP contribution in [0.4, 0.5) is 0 Å². The van der Waals surface area contributed by atoms with Crippen molar-refractivity contribution in [1.82, 2.24) is 24.9 Å². The highest BCUT2D eigenvalue weighted by Gasteiger charge is 2.42. The summed E-state index contributed by atoms with van der Waals surface area (Å²) in [5.41, 5.74) is -1.56. The van der Waals surface area contributed by atoms with Gasteiger partial charge in [-0.1, -0.05) is 30.3 Å². The molecule has 34 heavy (non-hydrogen) atoms. The summed E-state index contributed by atoms with van der Waals surface area (Å²) in [6, 6.07) is 26.2. The van der Waals surface area contributed by atoms with Gasteiger partial charge in [-0.25, -0.2) is 4.98 Å². The lowest BCUT2D eigenvalue weighted by atomic mass is 9.87. The van der Waals surface area contributed by atoms with Crippen LogP contribution in [0.3, 0.4) is 0 Å². The van der Waals surface area contributed by atoms with Gasteiger partial charge in [0.2, 0.25) is 0 Å². The molecule has 166 valence electrons. The van der Waals surface area contributed by atoms with Crippen molar-refractivity contribution in [3.63, 3.8) is 0 Å². The first-order valence-corrected chi connectivity index (χ1v) is 10.7. The Morgan fingerprint density at radius 1 is 0.382 bits per heavy atom. The van der Waals surface area contributed by atoms with Crippen LogP contribution in [-0.2, 0) is 11.2 Å². The van der Waals surface area contributed by atoms with Crippen molar-refractivity contribution in [3.05, 3.63) is 150 Å². The van der Waals surface area contributed by atoms with E-state index in [9.17, 15) is 10.2 Å². The molecule has 0 saturated heterocycles. The van der Waals surface area contributed by atoms with Gasteiger partial charge in [0.1, 0.15) is 0 Å². The number of aliphatic hydroxyl groups is 2. The van der Waals surface area contributed by atoms with Gasteiger partial charge in [-0.05, 0) is 60.7 Å². The highest BCUT2D eigenvalue weighted by atomic mass is 16.3. The summed E-state index contributed by atoms with van der Waals surface area (Å²) in [5.74, 6) is 0. The highest BCUT2D eigenvalue weighted by molar-refractivity contribution is 5.43. The molecule has 5 aromatic heterocycles. The van der Waals surface area contributed by atoms with Gasteiger partial charge in [-0.2, -0.15) is 0 Å². The number of nitrogens with zero attached hydrogens (tertiary/aromatic N) is 5. The largest absolute Gasteiger partial charge is 0.372 e. The van der Waals surface area contributed by atoms with Crippen LogP contribution >= 0.6 is 0 Å². The average Bonchev–Trinajstić information content (AvgIpc) is 2.94. The highest BCUT2D eigenvalue weighted by Crippen LogP contribution is 2.37. The molecule has 0 unspecified atom stereocenters. The van der Waals surface area contributed by atoms with Crippen molar-refractivity contribution < 1.29 is 10.2 Å². The van der Waals surface area contributed by atoms with Crippen molar-refractivity contribution in [1.29, 1.82) is 0 Å². The molecule has 0 radical (unpaired) electrons. The fourth-order valence-electron chi connectivity index (χ4n) is 3.93. The third kappa shape index (κ3) is 3.63. The molecule has 0 aliphatic carbocycles. The summed E-state index contributed by atoms with van der Waals surface area (Å²) >= 11 is 0. The lowest BCUT2D eigenvalue weighted by molar-refractivity contribution is 0.0994. The van der Waals surface area contributed by atoms with E-state index in [4.69, 9.17) is 4.98 Å². The minimum Gasteiger partial charge on any atom is -0.372 e. The van der Waals surface area contributed by atoms with Gasteiger partial charge in [0, 0.05) is 24.8 Å². The van der Waals surface area contributed by atoms with Crippen LogP contribution < -0.4 is 0 Å². The molecule has 7 heteroatoms. The molecule has 0 amide bonds. The molecule has 5 aromatic rings. The van der Waals surface area contributed by atoms with E-state index in [2.05, 4.69) is 19.9 Å². The lowest BCUT2D eigenvalue weighted by Gasteiger charge is -2.30. The molecule has 7 nitrogen and oxygen atoms in total. The molecule has 0 spiro atoms. The van der Waals surface area contributed by atoms with Gasteiger partial charge in [0.05, 0.1) is 34.2 Å². The normalized spacial score (nSPS) is 11.8. The van der Waals surface area contributed by atoms with Crippen molar-refractivity contribution in [2.24, 2.45) is 0 Å². The van der Waals surface area contributed by atoms with Gasteiger partial charge in [-0.3, -0.25) is 19.9 Å². The first-order valence-electron chi connectivity index (χ1n) is 10.7. The van der Waals surface area contributed by atoms with Crippen molar-refractivity contribution >= 4 is 0 Å². The third-order valence-corrected chi connectivity index (χ3v) is 5.63. The molecule has 5 rings (SSSR count). The van der Waals surface area contributed by atoms with E-state index in [1.165, 1.54) is 0 Å². The predicted octanol–water partition coefficient (Wildman–Crippen LogP) is 3.23. The summed E-state index contributed by atoms with van der Waals surface area (Å²) < 4.78 is 0. The average molecular weight is 447 g/mol. The smallest absolute Gasteiger partial charge is 0.191 e. The Labute approximate surface area is 196 Å². The molecule has 0 aromatic carbocycles. The fourth-order valence-corrected chi connectivity index (χ4v) is 3.93. The zero-order chi connectivity index (χ0) is 23.4. The molecular weight excluding hydrogens is 426 g/mol. The van der Waals surface area contributed by atoms with Crippen LogP contribution in [0.1, 0.15) is 34.2 Å². The second kappa shape index (κ2) is 8.90. The van der Waals surface area contributed by atoms with Gasteiger partial charge in [-0.15, -0.1) is 0 Å². The van der Waals surface area contributed by atoms with Crippen LogP contribution in [0.15, 0.2) is 116 Å². The first-order chi connectivity index (χ1) is 16.6. The Morgan fingerprint density at radius 3 is 0.941 bits per heavy atom. The molecule has 0 atom stereocenters. The molecule has 0 saturated carbocycles. The topological polar surface area (TPSA) is 105 Å². The SMILES string of the molecule is OC(c1ccccn1)(c1ccccn1)c1cccc(C(O)(c2ccccn2)c2ccccn2)n1. The maximum absolute atomic E-state index is 12.1. The minimum absolute atomic E-state index is 0.257. The molecule has 0 aliphatic heterocycles. The van der Waals surface area contributed by atoms with Gasteiger partial charge in [0.15, 0.2) is 11.2 Å². The Kier molecular flexibility index (Phi) is 5.63. The fraction of sp³-hybridized carbons (Fsp3) is 0.0741. The van der Waals surface area contributed by atoms with E-state index in [1.807, 2.05) is 0 Å². The minimum atomic E-state index is -1.76. The standard InChI is InChI=1S/C27H21N5O2/c33-26(20-10-1-5-16-28-20,21-11-2-6-17-29-21)24-14-9-15-25(32-24)27(34,22-12-3-7-18-30-22)23-13-4-8-19-31-23/h1-19,33-34H. The molecule has 5 heterocycles. The number of hydrogen-bond donors (Lipinski definition) is 2. The molecule has 0 bridgehead atoms. The quantitative estimate of drug-likeness (QED) is 0.412. The molecular formula is C27H21N5O2. The van der Waals surface area contributed by atoms with Crippen molar-refractivity contribution in [2.75, 3.05) is 0 Å². The Bertz CT molecular complexity index is 1180. The maximum Gasteiger partial charge on any atom is 0.191 e. The van der Waals surface area contributed by atoms with E-state index in [0.29, 0.717) is 22.8 Å². The van der Waals surface area contributed by atoms with Gasteiger partial charge in [0.25, 0.3) is 0 Å². The number of rotatable bonds is 6. The lowest BCUT2D eigenvalue weighted by Crippen LogP contribution is -2.36. The summed E-state index contributed by atoms with van der Waals surface area (Å²) in [4.78, 5) is 22.3. The van der Waals surface area contributed by atoms with Gasteiger partial charge < -0.3 is 10.2 Å². The maximum atomic E-state index is 12.1. The predicted molar refractivity (Wildman–Crippen MR) is 125 cm³/mol. The molecule has 2 N–H and O–H groups in total. The summed E-state index contributed by atoms with van der Waals surface area (Å²) in [6.07, 6.45) is 6.41. The van der Waals surface area contributed by atoms with Crippen molar-refractivity contribution in [2.45, 2.75) is 11.2 Å². The first kappa shape index (κ1) is 21.5. The van der Waals surface area contributed by atoms with Crippen LogP contribution in [0, 0.1) is 0 Å². The monoisotopic (exact) mass is 447 g/mol. The molecule has 0 fully saturated rings. The molecule has 0 aliphatic rings. The van der Waals surface area contributed by atoms with E-state index in [1.54, 1.807) is 116 Å². The van der Waals surface area contributed by atoms with Crippen molar-refractivity contribution in [3.8, 4) is 0 Å². The Hall–Kier alpha value is -4.33. The van der Waals surface area contributed by atoms with Crippen LogP contribution in [0.2, 0.25) is 0 Å². The zero-order valence-corrected chi connectivity index (χ0v) is 18.1. The van der Waals surface area contributed by atoms with E-state index >= 15 is 0 Å². The van der Waals surface area contributed by atoms with Crippen LogP contribution in [0.25, 0.3) is 0 Å². The van der Waals surface area contributed by atoms with Crippen LogP contribution in [-0.4, -0.2) is 35.1 Å². The summed E-state index contributed by atoms with van der Waals surface area (Å²) in [7, 11) is 0. The van der Waals surface area contributed by atoms with E-state index in [0.717, 1.165) is 0 Å².